The van der Waals surface area contributed by atoms with E-state index < -0.39 is 5.97 Å². The number of allylic oxidation sites excluding steroid dienone is 3. The third kappa shape index (κ3) is 4.57. The summed E-state index contributed by atoms with van der Waals surface area (Å²) in [6, 6.07) is 20.5. The zero-order chi connectivity index (χ0) is 20.8. The van der Waals surface area contributed by atoms with E-state index in [1.54, 1.807) is 17.8 Å². The van der Waals surface area contributed by atoms with Crippen LogP contribution in [-0.4, -0.2) is 27.6 Å². The van der Waals surface area contributed by atoms with Crippen molar-refractivity contribution in [3.8, 4) is 0 Å². The molecule has 0 saturated carbocycles. The number of hydrogen-bond donors (Lipinski definition) is 0. The molecule has 3 aromatic rings. The lowest BCUT2D eigenvalue weighted by Gasteiger charge is -2.25. The molecule has 5 nitrogen and oxygen atoms in total. The van der Waals surface area contributed by atoms with Crippen LogP contribution < -0.4 is 0 Å². The first-order valence-electron chi connectivity index (χ1n) is 10.3. The van der Waals surface area contributed by atoms with Gasteiger partial charge in [-0.2, -0.15) is 0 Å². The Labute approximate surface area is 176 Å². The van der Waals surface area contributed by atoms with Gasteiger partial charge in [0.25, 0.3) is 0 Å². The predicted octanol–water partition coefficient (Wildman–Crippen LogP) is 5.24. The molecule has 5 heteroatoms. The molecule has 0 amide bonds. The largest absolute Gasteiger partial charge is 0.461 e. The third-order valence-electron chi connectivity index (χ3n) is 5.18. The SMILES string of the molecule is CCOC(=O)c1cn(C(C2=C/C(=C/c3ccccc3)CCC2)c2ccccc2)nn1. The highest BCUT2D eigenvalue weighted by molar-refractivity contribution is 5.86. The number of hydrogen-bond acceptors (Lipinski definition) is 4. The fourth-order valence-electron chi connectivity index (χ4n) is 3.85. The van der Waals surface area contributed by atoms with Crippen LogP contribution in [0.15, 0.2) is 84.1 Å². The van der Waals surface area contributed by atoms with Gasteiger partial charge in [-0.1, -0.05) is 78.0 Å². The topological polar surface area (TPSA) is 57.0 Å². The van der Waals surface area contributed by atoms with E-state index in [0.717, 1.165) is 24.8 Å². The standard InChI is InChI=1S/C25H25N3O2/c1-2-30-25(29)23-18-28(27-26-23)24(21-13-7-4-8-14-21)22-15-9-12-20(17-22)16-19-10-5-3-6-11-19/h3-8,10-11,13-14,16-18,24H,2,9,12,15H2,1H3/b20-16+. The lowest BCUT2D eigenvalue weighted by atomic mass is 9.87. The number of carbonyl (C=O) groups excluding carboxylic acids is 1. The molecule has 0 radical (unpaired) electrons. The van der Waals surface area contributed by atoms with Gasteiger partial charge in [-0.05, 0) is 48.5 Å². The summed E-state index contributed by atoms with van der Waals surface area (Å²) in [6.45, 7) is 2.09. The first-order chi connectivity index (χ1) is 14.7. The molecule has 4 rings (SSSR count). The molecule has 1 aliphatic rings. The van der Waals surface area contributed by atoms with E-state index in [1.807, 2.05) is 24.3 Å². The minimum Gasteiger partial charge on any atom is -0.461 e. The van der Waals surface area contributed by atoms with Crippen molar-refractivity contribution < 1.29 is 9.53 Å². The summed E-state index contributed by atoms with van der Waals surface area (Å²) >= 11 is 0. The predicted molar refractivity (Wildman–Crippen MR) is 117 cm³/mol. The summed E-state index contributed by atoms with van der Waals surface area (Å²) in [5.74, 6) is -0.446. The van der Waals surface area contributed by atoms with Crippen molar-refractivity contribution in [2.75, 3.05) is 6.61 Å². The molecular weight excluding hydrogens is 374 g/mol. The quantitative estimate of drug-likeness (QED) is 0.532. The third-order valence-corrected chi connectivity index (χ3v) is 5.18. The second-order valence-corrected chi connectivity index (χ2v) is 7.32. The summed E-state index contributed by atoms with van der Waals surface area (Å²) < 4.78 is 6.85. The Hall–Kier alpha value is -3.47. The Morgan fingerprint density at radius 2 is 1.83 bits per heavy atom. The van der Waals surface area contributed by atoms with Gasteiger partial charge in [-0.25, -0.2) is 9.48 Å². The van der Waals surface area contributed by atoms with Crippen molar-refractivity contribution >= 4 is 12.0 Å². The summed E-state index contributed by atoms with van der Waals surface area (Å²) in [4.78, 5) is 12.1. The van der Waals surface area contributed by atoms with Crippen LogP contribution in [0.25, 0.3) is 6.08 Å². The van der Waals surface area contributed by atoms with Gasteiger partial charge in [-0.3, -0.25) is 0 Å². The summed E-state index contributed by atoms with van der Waals surface area (Å²) in [7, 11) is 0. The highest BCUT2D eigenvalue weighted by Gasteiger charge is 2.24. The van der Waals surface area contributed by atoms with Gasteiger partial charge < -0.3 is 4.74 Å². The molecular formula is C25H25N3O2. The van der Waals surface area contributed by atoms with Crippen LogP contribution in [0, 0.1) is 0 Å². The maximum Gasteiger partial charge on any atom is 0.360 e. The maximum absolute atomic E-state index is 12.1. The van der Waals surface area contributed by atoms with E-state index >= 15 is 0 Å². The van der Waals surface area contributed by atoms with Crippen LogP contribution in [0.1, 0.15) is 53.8 Å². The first-order valence-corrected chi connectivity index (χ1v) is 10.3. The number of aromatic nitrogens is 3. The van der Waals surface area contributed by atoms with Crippen molar-refractivity contribution in [3.63, 3.8) is 0 Å². The van der Waals surface area contributed by atoms with Gasteiger partial charge in [-0.15, -0.1) is 5.10 Å². The molecule has 1 aliphatic carbocycles. The van der Waals surface area contributed by atoms with Gasteiger partial charge in [0, 0.05) is 0 Å². The fraction of sp³-hybridized carbons (Fsp3) is 0.240. The van der Waals surface area contributed by atoms with Crippen LogP contribution in [0.4, 0.5) is 0 Å². The number of carbonyl (C=O) groups is 1. The number of rotatable bonds is 6. The van der Waals surface area contributed by atoms with Crippen LogP contribution in [0.3, 0.4) is 0 Å². The zero-order valence-corrected chi connectivity index (χ0v) is 17.1. The molecule has 1 atom stereocenters. The van der Waals surface area contributed by atoms with Gasteiger partial charge in [0.05, 0.1) is 18.8 Å². The Bertz CT molecular complexity index is 1050. The van der Waals surface area contributed by atoms with Gasteiger partial charge in [0.2, 0.25) is 0 Å². The second kappa shape index (κ2) is 9.35. The normalized spacial score (nSPS) is 16.2. The second-order valence-electron chi connectivity index (χ2n) is 7.32. The molecule has 0 aliphatic heterocycles. The lowest BCUT2D eigenvalue weighted by Crippen LogP contribution is -2.16. The summed E-state index contributed by atoms with van der Waals surface area (Å²) in [5.41, 5.74) is 5.11. The van der Waals surface area contributed by atoms with E-state index in [9.17, 15) is 4.79 Å². The van der Waals surface area contributed by atoms with Crippen LogP contribution in [0.2, 0.25) is 0 Å². The minimum absolute atomic E-state index is 0.110. The van der Waals surface area contributed by atoms with E-state index in [0.29, 0.717) is 6.61 Å². The Kier molecular flexibility index (Phi) is 6.18. The molecule has 1 aromatic heterocycles. The Morgan fingerprint density at radius 1 is 1.10 bits per heavy atom. The summed E-state index contributed by atoms with van der Waals surface area (Å²) in [5, 5.41) is 8.35. The van der Waals surface area contributed by atoms with Gasteiger partial charge >= 0.3 is 5.97 Å². The molecule has 0 spiro atoms. The summed E-state index contributed by atoms with van der Waals surface area (Å²) in [6.07, 6.45) is 9.30. The van der Waals surface area contributed by atoms with E-state index in [1.165, 1.54) is 16.7 Å². The van der Waals surface area contributed by atoms with E-state index in [4.69, 9.17) is 4.74 Å². The molecule has 0 saturated heterocycles. The first kappa shape index (κ1) is 19.8. The average Bonchev–Trinajstić information content (AvgIpc) is 3.26. The van der Waals surface area contributed by atoms with Crippen molar-refractivity contribution in [3.05, 3.63) is 101 Å². The van der Waals surface area contributed by atoms with E-state index in [-0.39, 0.29) is 11.7 Å². The van der Waals surface area contributed by atoms with Crippen molar-refractivity contribution in [2.24, 2.45) is 0 Å². The highest BCUT2D eigenvalue weighted by Crippen LogP contribution is 2.35. The smallest absolute Gasteiger partial charge is 0.360 e. The maximum atomic E-state index is 12.1. The van der Waals surface area contributed by atoms with Crippen LogP contribution in [0.5, 0.6) is 0 Å². The van der Waals surface area contributed by atoms with Gasteiger partial charge in [0.1, 0.15) is 0 Å². The highest BCUT2D eigenvalue weighted by atomic mass is 16.5. The minimum atomic E-state index is -0.446. The number of esters is 1. The molecule has 0 bridgehead atoms. The number of benzene rings is 2. The van der Waals surface area contributed by atoms with Crippen molar-refractivity contribution in [1.82, 2.24) is 15.0 Å². The molecule has 2 aromatic carbocycles. The molecule has 152 valence electrons. The van der Waals surface area contributed by atoms with Crippen LogP contribution in [-0.2, 0) is 4.74 Å². The zero-order valence-electron chi connectivity index (χ0n) is 17.1. The molecule has 1 unspecified atom stereocenters. The average molecular weight is 399 g/mol. The molecule has 0 fully saturated rings. The lowest BCUT2D eigenvalue weighted by molar-refractivity contribution is 0.0519. The van der Waals surface area contributed by atoms with E-state index in [2.05, 4.69) is 58.9 Å². The number of nitrogens with zero attached hydrogens (tertiary/aromatic N) is 3. The Balaban J connectivity index is 1.72. The fourth-order valence-corrected chi connectivity index (χ4v) is 3.85. The monoisotopic (exact) mass is 399 g/mol. The van der Waals surface area contributed by atoms with Crippen LogP contribution >= 0.6 is 0 Å². The number of ether oxygens (including phenoxy) is 1. The molecule has 30 heavy (non-hydrogen) atoms. The van der Waals surface area contributed by atoms with Crippen molar-refractivity contribution in [1.29, 1.82) is 0 Å². The Morgan fingerprint density at radius 3 is 2.57 bits per heavy atom. The van der Waals surface area contributed by atoms with Crippen molar-refractivity contribution in [2.45, 2.75) is 32.2 Å². The molecule has 1 heterocycles. The molecule has 0 N–H and O–H groups in total. The van der Waals surface area contributed by atoms with Gasteiger partial charge in [0.15, 0.2) is 5.69 Å².